The summed E-state index contributed by atoms with van der Waals surface area (Å²) < 4.78 is 5.80. The molecule has 23 heavy (non-hydrogen) atoms. The van der Waals surface area contributed by atoms with Gasteiger partial charge in [-0.3, -0.25) is 4.79 Å². The lowest BCUT2D eigenvalue weighted by Crippen LogP contribution is -2.31. The van der Waals surface area contributed by atoms with E-state index in [4.69, 9.17) is 4.42 Å². The molecule has 0 bridgehead atoms. The smallest absolute Gasteiger partial charge is 0.251 e. The average molecular weight is 308 g/mol. The lowest BCUT2D eigenvalue weighted by molar-refractivity contribution is 0.0939. The van der Waals surface area contributed by atoms with Crippen LogP contribution in [-0.4, -0.2) is 16.9 Å². The van der Waals surface area contributed by atoms with E-state index in [1.54, 1.807) is 12.1 Å². The van der Waals surface area contributed by atoms with E-state index in [2.05, 4.69) is 10.3 Å². The summed E-state index contributed by atoms with van der Waals surface area (Å²) >= 11 is 0. The van der Waals surface area contributed by atoms with Crippen LogP contribution in [-0.2, 0) is 6.42 Å². The number of hydrogen-bond acceptors (Lipinski definition) is 3. The maximum absolute atomic E-state index is 12.2. The molecular weight excluding hydrogens is 288 g/mol. The average Bonchev–Trinajstić information content (AvgIpc) is 2.96. The highest BCUT2D eigenvalue weighted by atomic mass is 16.3. The van der Waals surface area contributed by atoms with Gasteiger partial charge in [0.1, 0.15) is 5.52 Å². The van der Waals surface area contributed by atoms with Gasteiger partial charge in [0.25, 0.3) is 5.91 Å². The van der Waals surface area contributed by atoms with E-state index in [9.17, 15) is 4.79 Å². The number of oxazole rings is 1. The Kier molecular flexibility index (Phi) is 4.42. The number of aromatic nitrogens is 1. The zero-order chi connectivity index (χ0) is 16.2. The maximum Gasteiger partial charge on any atom is 0.251 e. The first kappa shape index (κ1) is 15.3. The lowest BCUT2D eigenvalue weighted by atomic mass is 10.1. The Morgan fingerprint density at radius 1 is 1.22 bits per heavy atom. The number of hydrogen-bond donors (Lipinski definition) is 1. The molecule has 0 spiro atoms. The monoisotopic (exact) mass is 308 g/mol. The van der Waals surface area contributed by atoms with Gasteiger partial charge in [-0.25, -0.2) is 4.98 Å². The summed E-state index contributed by atoms with van der Waals surface area (Å²) in [4.78, 5) is 16.7. The number of benzene rings is 2. The highest BCUT2D eigenvalue weighted by Crippen LogP contribution is 2.19. The van der Waals surface area contributed by atoms with Crippen LogP contribution >= 0.6 is 0 Å². The first-order chi connectivity index (χ1) is 11.2. The molecule has 4 heteroatoms. The number of amides is 1. The van der Waals surface area contributed by atoms with Crippen LogP contribution in [0.15, 0.2) is 52.9 Å². The van der Waals surface area contributed by atoms with Gasteiger partial charge in [-0.2, -0.15) is 0 Å². The molecule has 1 N–H and O–H groups in total. The van der Waals surface area contributed by atoms with Crippen LogP contribution in [0.25, 0.3) is 11.1 Å². The summed E-state index contributed by atoms with van der Waals surface area (Å²) in [6, 6.07) is 15.6. The van der Waals surface area contributed by atoms with Gasteiger partial charge in [0.2, 0.25) is 0 Å². The number of rotatable bonds is 5. The summed E-state index contributed by atoms with van der Waals surface area (Å²) in [5.74, 6) is 0.577. The van der Waals surface area contributed by atoms with Crippen LogP contribution in [0.4, 0.5) is 0 Å². The van der Waals surface area contributed by atoms with Gasteiger partial charge in [-0.1, -0.05) is 37.3 Å². The van der Waals surface area contributed by atoms with E-state index >= 15 is 0 Å². The van der Waals surface area contributed by atoms with Crippen molar-refractivity contribution in [2.24, 2.45) is 0 Å². The Labute approximate surface area is 135 Å². The Morgan fingerprint density at radius 2 is 2.00 bits per heavy atom. The third kappa shape index (κ3) is 3.59. The Morgan fingerprint density at radius 3 is 2.74 bits per heavy atom. The van der Waals surface area contributed by atoms with Crippen molar-refractivity contribution in [1.29, 1.82) is 0 Å². The molecule has 1 amide bonds. The summed E-state index contributed by atoms with van der Waals surface area (Å²) in [7, 11) is 0. The fourth-order valence-corrected chi connectivity index (χ4v) is 2.37. The summed E-state index contributed by atoms with van der Waals surface area (Å²) in [5.41, 5.74) is 3.16. The number of nitrogens with zero attached hydrogens (tertiary/aromatic N) is 1. The summed E-state index contributed by atoms with van der Waals surface area (Å²) in [6.07, 6.45) is 1.54. The molecule has 0 fully saturated rings. The van der Waals surface area contributed by atoms with Gasteiger partial charge < -0.3 is 9.73 Å². The Balaban J connectivity index is 1.82. The molecule has 0 radical (unpaired) electrons. The first-order valence-electron chi connectivity index (χ1n) is 7.90. The minimum absolute atomic E-state index is 0.0812. The van der Waals surface area contributed by atoms with Crippen LogP contribution in [0.5, 0.6) is 0 Å². The molecule has 0 unspecified atom stereocenters. The second-order valence-electron chi connectivity index (χ2n) is 5.74. The molecule has 3 rings (SSSR count). The van der Waals surface area contributed by atoms with E-state index in [1.165, 1.54) is 0 Å². The normalized spacial score (nSPS) is 12.3. The van der Waals surface area contributed by atoms with Gasteiger partial charge in [-0.05, 0) is 37.1 Å². The van der Waals surface area contributed by atoms with E-state index in [1.807, 2.05) is 50.2 Å². The molecule has 0 saturated carbocycles. The van der Waals surface area contributed by atoms with E-state index in [0.717, 1.165) is 17.5 Å². The SMILES string of the molecule is CC[C@@H](C)NC(=O)c1ccc2nc(Cc3ccccc3)oc2c1. The number of carbonyl (C=O) groups excluding carboxylic acids is 1. The molecule has 0 aliphatic carbocycles. The molecule has 0 aliphatic rings. The van der Waals surface area contributed by atoms with Crippen molar-refractivity contribution in [3.63, 3.8) is 0 Å². The molecule has 118 valence electrons. The highest BCUT2D eigenvalue weighted by molar-refractivity contribution is 5.97. The second kappa shape index (κ2) is 6.65. The van der Waals surface area contributed by atoms with Crippen molar-refractivity contribution in [2.75, 3.05) is 0 Å². The minimum Gasteiger partial charge on any atom is -0.440 e. The van der Waals surface area contributed by atoms with Gasteiger partial charge >= 0.3 is 0 Å². The van der Waals surface area contributed by atoms with Gasteiger partial charge in [0.15, 0.2) is 11.5 Å². The standard InChI is InChI=1S/C19H20N2O2/c1-3-13(2)20-19(22)15-9-10-16-17(12-15)23-18(21-16)11-14-7-5-4-6-8-14/h4-10,12-13H,3,11H2,1-2H3,(H,20,22)/t13-/m1/s1. The van der Waals surface area contributed by atoms with Crippen molar-refractivity contribution in [3.8, 4) is 0 Å². The summed E-state index contributed by atoms with van der Waals surface area (Å²) in [5, 5.41) is 2.96. The second-order valence-corrected chi connectivity index (χ2v) is 5.74. The lowest BCUT2D eigenvalue weighted by Gasteiger charge is -2.10. The van der Waals surface area contributed by atoms with Crippen molar-refractivity contribution >= 4 is 17.0 Å². The van der Waals surface area contributed by atoms with E-state index in [-0.39, 0.29) is 11.9 Å². The Bertz CT molecular complexity index is 809. The molecule has 4 nitrogen and oxygen atoms in total. The molecule has 0 saturated heterocycles. The molecule has 1 atom stereocenters. The maximum atomic E-state index is 12.2. The molecule has 3 aromatic rings. The largest absolute Gasteiger partial charge is 0.440 e. The van der Waals surface area contributed by atoms with Crippen LogP contribution in [0.3, 0.4) is 0 Å². The number of nitrogens with one attached hydrogen (secondary N) is 1. The van der Waals surface area contributed by atoms with Crippen LogP contribution < -0.4 is 5.32 Å². The van der Waals surface area contributed by atoms with Crippen molar-refractivity contribution in [2.45, 2.75) is 32.7 Å². The predicted molar refractivity (Wildman–Crippen MR) is 90.5 cm³/mol. The van der Waals surface area contributed by atoms with Crippen LogP contribution in [0, 0.1) is 0 Å². The van der Waals surface area contributed by atoms with E-state index in [0.29, 0.717) is 23.5 Å². The molecule has 0 aliphatic heterocycles. The molecule has 1 aromatic heterocycles. The molecule has 2 aromatic carbocycles. The van der Waals surface area contributed by atoms with E-state index < -0.39 is 0 Å². The molecule has 1 heterocycles. The molecular formula is C19H20N2O2. The van der Waals surface area contributed by atoms with Crippen LogP contribution in [0.2, 0.25) is 0 Å². The fraction of sp³-hybridized carbons (Fsp3) is 0.263. The topological polar surface area (TPSA) is 55.1 Å². The zero-order valence-electron chi connectivity index (χ0n) is 13.4. The van der Waals surface area contributed by atoms with Gasteiger partial charge in [0.05, 0.1) is 0 Å². The van der Waals surface area contributed by atoms with Crippen molar-refractivity contribution in [1.82, 2.24) is 10.3 Å². The van der Waals surface area contributed by atoms with Crippen LogP contribution in [0.1, 0.15) is 42.1 Å². The highest BCUT2D eigenvalue weighted by Gasteiger charge is 2.12. The van der Waals surface area contributed by atoms with Crippen molar-refractivity contribution < 1.29 is 9.21 Å². The van der Waals surface area contributed by atoms with Gasteiger partial charge in [-0.15, -0.1) is 0 Å². The zero-order valence-corrected chi connectivity index (χ0v) is 13.4. The third-order valence-electron chi connectivity index (χ3n) is 3.88. The fourth-order valence-electron chi connectivity index (χ4n) is 2.37. The van der Waals surface area contributed by atoms with Crippen molar-refractivity contribution in [3.05, 3.63) is 65.5 Å². The first-order valence-corrected chi connectivity index (χ1v) is 7.90. The number of fused-ring (bicyclic) bond motifs is 1. The third-order valence-corrected chi connectivity index (χ3v) is 3.88. The quantitative estimate of drug-likeness (QED) is 0.776. The predicted octanol–water partition coefficient (Wildman–Crippen LogP) is 3.95. The minimum atomic E-state index is -0.0812. The summed E-state index contributed by atoms with van der Waals surface area (Å²) in [6.45, 7) is 4.03. The van der Waals surface area contributed by atoms with Gasteiger partial charge in [0, 0.05) is 18.0 Å². The Hall–Kier alpha value is -2.62. The number of carbonyl (C=O) groups is 1.